The lowest BCUT2D eigenvalue weighted by molar-refractivity contribution is -0.0879. The van der Waals surface area contributed by atoms with E-state index >= 15 is 0 Å². The molecule has 1 fully saturated rings. The zero-order chi connectivity index (χ0) is 11.7. The summed E-state index contributed by atoms with van der Waals surface area (Å²) in [4.78, 5) is 0. The molecule has 0 spiro atoms. The van der Waals surface area contributed by atoms with Crippen LogP contribution in [0.15, 0.2) is 0 Å². The molecule has 1 saturated heterocycles. The van der Waals surface area contributed by atoms with Gasteiger partial charge in [-0.05, 0) is 6.92 Å². The predicted molar refractivity (Wildman–Crippen MR) is 60.7 cm³/mol. The maximum absolute atomic E-state index is 5.66. The summed E-state index contributed by atoms with van der Waals surface area (Å²) in [5.41, 5.74) is 0.0261. The van der Waals surface area contributed by atoms with Crippen LogP contribution in [0, 0.1) is 0 Å². The van der Waals surface area contributed by atoms with Gasteiger partial charge in [-0.2, -0.15) is 0 Å². The highest BCUT2D eigenvalue weighted by molar-refractivity contribution is 4.89. The van der Waals surface area contributed by atoms with Crippen LogP contribution in [0.4, 0.5) is 0 Å². The zero-order valence-corrected chi connectivity index (χ0v) is 10.3. The van der Waals surface area contributed by atoms with E-state index in [1.54, 1.807) is 7.11 Å². The Kier molecular flexibility index (Phi) is 6.91. The van der Waals surface area contributed by atoms with E-state index in [0.717, 1.165) is 13.1 Å². The Labute approximate surface area is 97.4 Å². The summed E-state index contributed by atoms with van der Waals surface area (Å²) in [6.07, 6.45) is 0. The number of hydrogen-bond donors (Lipinski definition) is 1. The van der Waals surface area contributed by atoms with Crippen molar-refractivity contribution in [3.05, 3.63) is 0 Å². The van der Waals surface area contributed by atoms with Crippen molar-refractivity contribution in [3.63, 3.8) is 0 Å². The van der Waals surface area contributed by atoms with Crippen molar-refractivity contribution >= 4 is 0 Å². The van der Waals surface area contributed by atoms with Gasteiger partial charge in [-0.3, -0.25) is 0 Å². The molecular weight excluding hydrogens is 210 g/mol. The van der Waals surface area contributed by atoms with Crippen molar-refractivity contribution < 1.29 is 18.9 Å². The molecule has 16 heavy (non-hydrogen) atoms. The summed E-state index contributed by atoms with van der Waals surface area (Å²) >= 11 is 0. The standard InChI is InChI=1S/C11H23NO4/c1-11(9-12-10-11)16-8-7-15-6-5-14-4-3-13-2/h12H,3-10H2,1-2H3. The van der Waals surface area contributed by atoms with Crippen LogP contribution in [0.5, 0.6) is 0 Å². The lowest BCUT2D eigenvalue weighted by Crippen LogP contribution is -2.59. The average Bonchev–Trinajstić information content (AvgIpc) is 2.24. The van der Waals surface area contributed by atoms with E-state index in [-0.39, 0.29) is 5.60 Å². The van der Waals surface area contributed by atoms with Crippen molar-refractivity contribution in [1.82, 2.24) is 5.32 Å². The predicted octanol–water partition coefficient (Wildman–Crippen LogP) is 0.0445. The number of ether oxygens (including phenoxy) is 4. The van der Waals surface area contributed by atoms with Crippen LogP contribution >= 0.6 is 0 Å². The third-order valence-electron chi connectivity index (χ3n) is 2.48. The van der Waals surface area contributed by atoms with Gasteiger partial charge in [-0.25, -0.2) is 0 Å². The summed E-state index contributed by atoms with van der Waals surface area (Å²) in [5.74, 6) is 0. The highest BCUT2D eigenvalue weighted by Gasteiger charge is 2.31. The Morgan fingerprint density at radius 3 is 2.00 bits per heavy atom. The normalized spacial score (nSPS) is 18.4. The Bertz CT molecular complexity index is 173. The molecule has 0 aromatic heterocycles. The average molecular weight is 233 g/mol. The van der Waals surface area contributed by atoms with E-state index < -0.39 is 0 Å². The van der Waals surface area contributed by atoms with Crippen molar-refractivity contribution in [2.75, 3.05) is 59.8 Å². The molecule has 0 radical (unpaired) electrons. The largest absolute Gasteiger partial charge is 0.382 e. The van der Waals surface area contributed by atoms with E-state index in [1.165, 1.54) is 0 Å². The van der Waals surface area contributed by atoms with Crippen LogP contribution in [0.25, 0.3) is 0 Å². The zero-order valence-electron chi connectivity index (χ0n) is 10.3. The van der Waals surface area contributed by atoms with Gasteiger partial charge in [0, 0.05) is 20.2 Å². The third kappa shape index (κ3) is 5.77. The highest BCUT2D eigenvalue weighted by Crippen LogP contribution is 2.14. The molecule has 1 aliphatic rings. The summed E-state index contributed by atoms with van der Waals surface area (Å²) in [6, 6.07) is 0. The van der Waals surface area contributed by atoms with E-state index in [2.05, 4.69) is 12.2 Å². The Hall–Kier alpha value is -0.200. The van der Waals surface area contributed by atoms with Crippen LogP contribution in [0.1, 0.15) is 6.92 Å². The van der Waals surface area contributed by atoms with Crippen molar-refractivity contribution in [2.24, 2.45) is 0 Å². The molecule has 0 amide bonds. The Balaban J connectivity index is 1.74. The topological polar surface area (TPSA) is 49.0 Å². The van der Waals surface area contributed by atoms with Crippen LogP contribution in [0.3, 0.4) is 0 Å². The molecule has 1 N–H and O–H groups in total. The second-order valence-corrected chi connectivity index (χ2v) is 4.12. The molecule has 5 heteroatoms. The molecule has 96 valence electrons. The number of methoxy groups -OCH3 is 1. The Morgan fingerprint density at radius 1 is 0.938 bits per heavy atom. The SMILES string of the molecule is COCCOCCOCCOC1(C)CNC1. The van der Waals surface area contributed by atoms with Crippen LogP contribution in [-0.4, -0.2) is 65.4 Å². The van der Waals surface area contributed by atoms with Crippen LogP contribution in [-0.2, 0) is 18.9 Å². The number of rotatable bonds is 10. The first-order valence-electron chi connectivity index (χ1n) is 5.76. The number of hydrogen-bond acceptors (Lipinski definition) is 5. The molecular formula is C11H23NO4. The maximum atomic E-state index is 5.66. The van der Waals surface area contributed by atoms with E-state index in [1.807, 2.05) is 0 Å². The minimum Gasteiger partial charge on any atom is -0.382 e. The first-order chi connectivity index (χ1) is 7.77. The molecule has 0 aromatic rings. The fourth-order valence-electron chi connectivity index (χ4n) is 1.39. The maximum Gasteiger partial charge on any atom is 0.0903 e. The molecule has 0 aromatic carbocycles. The van der Waals surface area contributed by atoms with Gasteiger partial charge in [0.25, 0.3) is 0 Å². The van der Waals surface area contributed by atoms with Gasteiger partial charge in [0.2, 0.25) is 0 Å². The Morgan fingerprint density at radius 2 is 1.50 bits per heavy atom. The van der Waals surface area contributed by atoms with Gasteiger partial charge in [-0.1, -0.05) is 0 Å². The molecule has 1 rings (SSSR count). The molecule has 0 aliphatic carbocycles. The monoisotopic (exact) mass is 233 g/mol. The molecule has 1 aliphatic heterocycles. The molecule has 5 nitrogen and oxygen atoms in total. The first-order valence-corrected chi connectivity index (χ1v) is 5.76. The fourth-order valence-corrected chi connectivity index (χ4v) is 1.39. The number of nitrogens with one attached hydrogen (secondary N) is 1. The minimum absolute atomic E-state index is 0.0261. The summed E-state index contributed by atoms with van der Waals surface area (Å²) in [7, 11) is 1.66. The van der Waals surface area contributed by atoms with Gasteiger partial charge in [0.1, 0.15) is 0 Å². The molecule has 0 unspecified atom stereocenters. The summed E-state index contributed by atoms with van der Waals surface area (Å²) in [6.45, 7) is 7.75. The minimum atomic E-state index is 0.0261. The quantitative estimate of drug-likeness (QED) is 0.540. The highest BCUT2D eigenvalue weighted by atomic mass is 16.6. The second-order valence-electron chi connectivity index (χ2n) is 4.12. The van der Waals surface area contributed by atoms with Crippen molar-refractivity contribution in [1.29, 1.82) is 0 Å². The van der Waals surface area contributed by atoms with Gasteiger partial charge >= 0.3 is 0 Å². The van der Waals surface area contributed by atoms with Gasteiger partial charge in [0.05, 0.1) is 45.2 Å². The summed E-state index contributed by atoms with van der Waals surface area (Å²) < 4.78 is 21.1. The van der Waals surface area contributed by atoms with Gasteiger partial charge in [-0.15, -0.1) is 0 Å². The molecule has 0 saturated carbocycles. The van der Waals surface area contributed by atoms with Gasteiger partial charge < -0.3 is 24.3 Å². The molecule has 0 atom stereocenters. The fraction of sp³-hybridized carbons (Fsp3) is 1.00. The van der Waals surface area contributed by atoms with Crippen molar-refractivity contribution in [2.45, 2.75) is 12.5 Å². The summed E-state index contributed by atoms with van der Waals surface area (Å²) in [5, 5.41) is 3.18. The lowest BCUT2D eigenvalue weighted by atomic mass is 10.0. The van der Waals surface area contributed by atoms with Crippen LogP contribution in [0.2, 0.25) is 0 Å². The molecule has 0 bridgehead atoms. The van der Waals surface area contributed by atoms with Gasteiger partial charge in [0.15, 0.2) is 0 Å². The van der Waals surface area contributed by atoms with Crippen molar-refractivity contribution in [3.8, 4) is 0 Å². The second kappa shape index (κ2) is 7.97. The smallest absolute Gasteiger partial charge is 0.0903 e. The first kappa shape index (κ1) is 13.9. The molecule has 1 heterocycles. The third-order valence-corrected chi connectivity index (χ3v) is 2.48. The van der Waals surface area contributed by atoms with E-state index in [4.69, 9.17) is 18.9 Å². The van der Waals surface area contributed by atoms with E-state index in [9.17, 15) is 0 Å². The van der Waals surface area contributed by atoms with Crippen LogP contribution < -0.4 is 5.32 Å². The lowest BCUT2D eigenvalue weighted by Gasteiger charge is -2.39. The van der Waals surface area contributed by atoms with E-state index in [0.29, 0.717) is 39.6 Å².